The van der Waals surface area contributed by atoms with Gasteiger partial charge in [0.25, 0.3) is 0 Å². The van der Waals surface area contributed by atoms with Crippen LogP contribution in [0.3, 0.4) is 0 Å². The van der Waals surface area contributed by atoms with Gasteiger partial charge in [-0.1, -0.05) is 18.2 Å². The molecular formula is C15H24N2O3S. The van der Waals surface area contributed by atoms with Crippen molar-refractivity contribution in [1.82, 2.24) is 9.62 Å². The second-order valence-electron chi connectivity index (χ2n) is 4.77. The SMILES string of the molecule is C=CCN(CCOC)S(=O)(=O)c1cc(CNC)ccc1C. The van der Waals surface area contributed by atoms with Crippen LogP contribution < -0.4 is 5.32 Å². The van der Waals surface area contributed by atoms with E-state index in [-0.39, 0.29) is 6.54 Å². The van der Waals surface area contributed by atoms with Gasteiger partial charge < -0.3 is 10.1 Å². The molecule has 1 aromatic carbocycles. The Labute approximate surface area is 127 Å². The third kappa shape index (κ3) is 4.64. The molecule has 6 heteroatoms. The molecule has 118 valence electrons. The number of hydrogen-bond acceptors (Lipinski definition) is 4. The van der Waals surface area contributed by atoms with Gasteiger partial charge in [0.05, 0.1) is 11.5 Å². The Balaban J connectivity index is 3.19. The molecule has 0 saturated carbocycles. The molecule has 1 rings (SSSR count). The normalized spacial score (nSPS) is 11.8. The zero-order valence-corrected chi connectivity index (χ0v) is 13.7. The fraction of sp³-hybridized carbons (Fsp3) is 0.467. The smallest absolute Gasteiger partial charge is 0.243 e. The van der Waals surface area contributed by atoms with Crippen LogP contribution in [0.4, 0.5) is 0 Å². The summed E-state index contributed by atoms with van der Waals surface area (Å²) in [5.41, 5.74) is 1.67. The third-order valence-electron chi connectivity index (χ3n) is 3.13. The lowest BCUT2D eigenvalue weighted by Gasteiger charge is -2.22. The van der Waals surface area contributed by atoms with Crippen LogP contribution in [0.2, 0.25) is 0 Å². The molecule has 0 fully saturated rings. The average Bonchev–Trinajstić information content (AvgIpc) is 2.45. The van der Waals surface area contributed by atoms with Crippen molar-refractivity contribution < 1.29 is 13.2 Å². The van der Waals surface area contributed by atoms with Crippen molar-refractivity contribution in [2.75, 3.05) is 33.9 Å². The first-order valence-electron chi connectivity index (χ1n) is 6.81. The highest BCUT2D eigenvalue weighted by Crippen LogP contribution is 2.21. The fourth-order valence-electron chi connectivity index (χ4n) is 2.02. The average molecular weight is 312 g/mol. The number of hydrogen-bond donors (Lipinski definition) is 1. The number of aryl methyl sites for hydroxylation is 1. The number of rotatable bonds is 9. The van der Waals surface area contributed by atoms with Gasteiger partial charge in [-0.25, -0.2) is 8.42 Å². The van der Waals surface area contributed by atoms with Gasteiger partial charge in [0.1, 0.15) is 0 Å². The zero-order chi connectivity index (χ0) is 15.9. The maximum Gasteiger partial charge on any atom is 0.243 e. The minimum atomic E-state index is -3.55. The molecule has 1 N–H and O–H groups in total. The van der Waals surface area contributed by atoms with E-state index in [1.54, 1.807) is 26.2 Å². The van der Waals surface area contributed by atoms with Crippen molar-refractivity contribution in [3.05, 3.63) is 42.0 Å². The highest BCUT2D eigenvalue weighted by Gasteiger charge is 2.25. The Morgan fingerprint density at radius 1 is 1.43 bits per heavy atom. The lowest BCUT2D eigenvalue weighted by Crippen LogP contribution is -2.34. The van der Waals surface area contributed by atoms with Gasteiger partial charge >= 0.3 is 0 Å². The molecule has 0 heterocycles. The van der Waals surface area contributed by atoms with Crippen molar-refractivity contribution >= 4 is 10.0 Å². The van der Waals surface area contributed by atoms with E-state index in [9.17, 15) is 8.42 Å². The quantitative estimate of drug-likeness (QED) is 0.703. The first-order chi connectivity index (χ1) is 9.97. The Bertz CT molecular complexity index is 570. The molecule has 0 atom stereocenters. The number of sulfonamides is 1. The molecular weight excluding hydrogens is 288 g/mol. The summed E-state index contributed by atoms with van der Waals surface area (Å²) >= 11 is 0. The summed E-state index contributed by atoms with van der Waals surface area (Å²) in [6.45, 7) is 6.98. The summed E-state index contributed by atoms with van der Waals surface area (Å²) in [7, 11) is -0.170. The minimum absolute atomic E-state index is 0.265. The van der Waals surface area contributed by atoms with Gasteiger partial charge in [0.15, 0.2) is 0 Å². The van der Waals surface area contributed by atoms with Crippen molar-refractivity contribution in [1.29, 1.82) is 0 Å². The first-order valence-corrected chi connectivity index (χ1v) is 8.25. The van der Waals surface area contributed by atoms with E-state index in [0.717, 1.165) is 11.1 Å². The Morgan fingerprint density at radius 2 is 2.14 bits per heavy atom. The summed E-state index contributed by atoms with van der Waals surface area (Å²) in [5, 5.41) is 3.03. The molecule has 0 aliphatic rings. The molecule has 0 unspecified atom stereocenters. The van der Waals surface area contributed by atoms with Gasteiger partial charge in [-0.2, -0.15) is 4.31 Å². The van der Waals surface area contributed by atoms with Crippen molar-refractivity contribution in [2.45, 2.75) is 18.4 Å². The van der Waals surface area contributed by atoms with Gasteiger partial charge in [0.2, 0.25) is 10.0 Å². The summed E-state index contributed by atoms with van der Waals surface area (Å²) in [5.74, 6) is 0. The summed E-state index contributed by atoms with van der Waals surface area (Å²) in [6, 6.07) is 5.49. The van der Waals surface area contributed by atoms with E-state index in [1.165, 1.54) is 4.31 Å². The van der Waals surface area contributed by atoms with E-state index in [1.807, 2.05) is 19.2 Å². The van der Waals surface area contributed by atoms with E-state index >= 15 is 0 Å². The van der Waals surface area contributed by atoms with Gasteiger partial charge in [-0.05, 0) is 31.2 Å². The van der Waals surface area contributed by atoms with Crippen LogP contribution >= 0.6 is 0 Å². The Kier molecular flexibility index (Phi) is 7.04. The van der Waals surface area contributed by atoms with E-state index in [4.69, 9.17) is 4.74 Å². The van der Waals surface area contributed by atoms with Crippen LogP contribution in [-0.2, 0) is 21.3 Å². The van der Waals surface area contributed by atoms with Crippen LogP contribution in [0.15, 0.2) is 35.7 Å². The van der Waals surface area contributed by atoms with Gasteiger partial charge in [-0.3, -0.25) is 0 Å². The topological polar surface area (TPSA) is 58.6 Å². The lowest BCUT2D eigenvalue weighted by molar-refractivity contribution is 0.182. The maximum absolute atomic E-state index is 12.8. The van der Waals surface area contributed by atoms with E-state index < -0.39 is 10.0 Å². The summed E-state index contributed by atoms with van der Waals surface area (Å²) < 4.78 is 32.0. The van der Waals surface area contributed by atoms with Gasteiger partial charge in [-0.15, -0.1) is 6.58 Å². The summed E-state index contributed by atoms with van der Waals surface area (Å²) in [4.78, 5) is 0.341. The molecule has 0 radical (unpaired) electrons. The number of nitrogens with one attached hydrogen (secondary N) is 1. The van der Waals surface area contributed by atoms with Crippen LogP contribution in [-0.4, -0.2) is 46.6 Å². The number of benzene rings is 1. The predicted molar refractivity (Wildman–Crippen MR) is 84.8 cm³/mol. The van der Waals surface area contributed by atoms with Crippen molar-refractivity contribution in [3.8, 4) is 0 Å². The molecule has 0 aliphatic heterocycles. The Morgan fingerprint density at radius 3 is 2.71 bits per heavy atom. The second-order valence-corrected chi connectivity index (χ2v) is 6.68. The molecule has 0 saturated heterocycles. The maximum atomic E-state index is 12.8. The minimum Gasteiger partial charge on any atom is -0.383 e. The highest BCUT2D eigenvalue weighted by molar-refractivity contribution is 7.89. The van der Waals surface area contributed by atoms with Crippen LogP contribution in [0.1, 0.15) is 11.1 Å². The predicted octanol–water partition coefficient (Wildman–Crippen LogP) is 1.54. The fourth-order valence-corrected chi connectivity index (χ4v) is 3.69. The lowest BCUT2D eigenvalue weighted by atomic mass is 10.1. The number of methoxy groups -OCH3 is 1. The molecule has 1 aromatic rings. The largest absolute Gasteiger partial charge is 0.383 e. The standard InChI is InChI=1S/C15H24N2O3S/c1-5-8-17(9-10-20-4)21(18,19)15-11-14(12-16-3)7-6-13(15)2/h5-7,11,16H,1,8-10,12H2,2-4H3. The van der Waals surface area contributed by atoms with Crippen LogP contribution in [0.5, 0.6) is 0 Å². The van der Waals surface area contributed by atoms with Gasteiger partial charge in [0, 0.05) is 26.7 Å². The molecule has 0 spiro atoms. The van der Waals surface area contributed by atoms with Crippen molar-refractivity contribution in [3.63, 3.8) is 0 Å². The molecule has 21 heavy (non-hydrogen) atoms. The highest BCUT2D eigenvalue weighted by atomic mass is 32.2. The second kappa shape index (κ2) is 8.29. The van der Waals surface area contributed by atoms with Crippen LogP contribution in [0, 0.1) is 6.92 Å². The van der Waals surface area contributed by atoms with Crippen LogP contribution in [0.25, 0.3) is 0 Å². The molecule has 0 aromatic heterocycles. The molecule has 0 bridgehead atoms. The Hall–Kier alpha value is -1.21. The number of ether oxygens (including phenoxy) is 1. The monoisotopic (exact) mass is 312 g/mol. The molecule has 0 amide bonds. The number of nitrogens with zero attached hydrogens (tertiary/aromatic N) is 1. The zero-order valence-electron chi connectivity index (χ0n) is 12.9. The molecule has 5 nitrogen and oxygen atoms in total. The third-order valence-corrected chi connectivity index (χ3v) is 5.14. The molecule has 0 aliphatic carbocycles. The van der Waals surface area contributed by atoms with E-state index in [0.29, 0.717) is 24.6 Å². The summed E-state index contributed by atoms with van der Waals surface area (Å²) in [6.07, 6.45) is 1.58. The van der Waals surface area contributed by atoms with Crippen molar-refractivity contribution in [2.24, 2.45) is 0 Å². The first kappa shape index (κ1) is 17.8. The van der Waals surface area contributed by atoms with E-state index in [2.05, 4.69) is 11.9 Å².